The van der Waals surface area contributed by atoms with Crippen LogP contribution in [-0.2, 0) is 54.4 Å². The van der Waals surface area contributed by atoms with E-state index in [2.05, 4.69) is 31.6 Å². The van der Waals surface area contributed by atoms with Crippen molar-refractivity contribution in [2.75, 3.05) is 26.2 Å². The molecule has 0 bridgehead atoms. The van der Waals surface area contributed by atoms with Crippen LogP contribution >= 0.6 is 0 Å². The predicted octanol–water partition coefficient (Wildman–Crippen LogP) is -1.44. The van der Waals surface area contributed by atoms with Gasteiger partial charge >= 0.3 is 0 Å². The zero-order valence-electron chi connectivity index (χ0n) is 38.2. The van der Waals surface area contributed by atoms with Gasteiger partial charge in [-0.25, -0.2) is 0 Å². The minimum absolute atomic E-state index is 0. The van der Waals surface area contributed by atoms with Gasteiger partial charge in [0.25, 0.3) is 0 Å². The summed E-state index contributed by atoms with van der Waals surface area (Å²) in [6, 6.07) is 4.54. The molecule has 21 heteroatoms. The fourth-order valence-electron chi connectivity index (χ4n) is 7.36. The maximum absolute atomic E-state index is 14.1. The van der Waals surface area contributed by atoms with Crippen molar-refractivity contribution < 1.29 is 59.6 Å². The quantitative estimate of drug-likeness (QED) is 0.0486. The van der Waals surface area contributed by atoms with E-state index in [0.717, 1.165) is 0 Å². The molecule has 368 valence electrons. The predicted molar refractivity (Wildman–Crippen MR) is 244 cm³/mol. The topological polar surface area (TPSA) is 362 Å². The summed E-state index contributed by atoms with van der Waals surface area (Å²) in [5.74, 6) is -9.67. The highest BCUT2D eigenvalue weighted by Gasteiger charge is 2.34. The number of aliphatic hydroxyl groups excluding tert-OH is 2. The molecular weight excluding hydrogens is 859 g/mol. The summed E-state index contributed by atoms with van der Waals surface area (Å²) in [4.78, 5) is 137. The lowest BCUT2D eigenvalue weighted by Crippen LogP contribution is -2.57. The van der Waals surface area contributed by atoms with Gasteiger partial charge < -0.3 is 54.0 Å². The van der Waals surface area contributed by atoms with Crippen LogP contribution in [0.1, 0.15) is 105 Å². The van der Waals surface area contributed by atoms with Crippen molar-refractivity contribution in [3.8, 4) is 0 Å². The van der Waals surface area contributed by atoms with E-state index in [0.29, 0.717) is 18.4 Å². The number of carbonyl (C=O) groups excluding carboxylic acids is 10. The van der Waals surface area contributed by atoms with Crippen molar-refractivity contribution in [3.05, 3.63) is 35.9 Å². The zero-order chi connectivity index (χ0) is 49.3. The number of nitrogens with one attached hydrogen (secondary N) is 5. The number of ketones is 5. The van der Waals surface area contributed by atoms with Crippen LogP contribution in [0.5, 0.6) is 0 Å². The molecule has 1 saturated heterocycles. The zero-order valence-corrected chi connectivity index (χ0v) is 38.2. The largest absolute Gasteiger partial charge is 0.393 e. The van der Waals surface area contributed by atoms with E-state index in [1.165, 1.54) is 20.8 Å². The number of guanidine groups is 1. The van der Waals surface area contributed by atoms with E-state index in [9.17, 15) is 58.2 Å². The van der Waals surface area contributed by atoms with Gasteiger partial charge in [0.05, 0.1) is 31.2 Å². The van der Waals surface area contributed by atoms with Gasteiger partial charge in [0.1, 0.15) is 41.3 Å². The Hall–Kier alpha value is -5.93. The van der Waals surface area contributed by atoms with Gasteiger partial charge in [0, 0.05) is 71.3 Å². The molecule has 1 heterocycles. The lowest BCUT2D eigenvalue weighted by molar-refractivity contribution is -0.136. The molecule has 1 aromatic carbocycles. The first kappa shape index (κ1) is 56.2. The van der Waals surface area contributed by atoms with Crippen LogP contribution in [0.25, 0.3) is 0 Å². The first-order valence-corrected chi connectivity index (χ1v) is 22.4. The third kappa shape index (κ3) is 21.4. The van der Waals surface area contributed by atoms with Crippen molar-refractivity contribution in [2.45, 2.75) is 135 Å². The number of nitrogens with two attached hydrogens (primary N) is 3. The number of nitrogens with zero attached hydrogens (tertiary/aromatic N) is 1. The Labute approximate surface area is 386 Å². The second kappa shape index (κ2) is 29.6. The minimum atomic E-state index is -1.38. The smallest absolute Gasteiger partial charge is 0.243 e. The fourth-order valence-corrected chi connectivity index (χ4v) is 7.36. The SMILES string of the molecule is CC(=O)[C@@H](CC(=O)[C@@H]1CCCCNC(=O)CC[C@H](NC(=O)CCC(=O)CN)C(=O)N[C@@H](CCCN=C(N)N)C(=O)N[C@@H](Cc2ccccc2)C(=O)NCC(=O)C[C@@H]([C@@H](C)O)C(=O)C1)[C@@H](C)O.[3HH]. The summed E-state index contributed by atoms with van der Waals surface area (Å²) in [5.41, 5.74) is 16.9. The standard InChI is InChI=1S/C45H69N9O12.H2/c1-26(55)33(27(2)56)23-38(60)30-12-7-8-18-49-40(62)17-15-36(52-41(63)16-14-31(58)24-46)44(66)53-35(13-9-19-50-45(47)48)43(65)54-37(20-29-10-5-4-6-11-29)42(64)51-25-32(59)22-34(28(3)57)39(61)21-30;/h4-6,10-11,26,28,30,33-37,55,57H,7-9,12-25,46H2,1-3H3,(H,49,62)(H,51,64)(H,52,63)(H,53,66)(H,54,65)(H4,47,48,50);1H/t26-,28-,30-,33+,34+,35+,36+,37+;/m1./s1/i;1+2. The lowest BCUT2D eigenvalue weighted by atomic mass is 9.81. The molecule has 0 spiro atoms. The van der Waals surface area contributed by atoms with Gasteiger partial charge in [-0.2, -0.15) is 0 Å². The minimum Gasteiger partial charge on any atom is -0.393 e. The van der Waals surface area contributed by atoms with Gasteiger partial charge in [0.15, 0.2) is 11.7 Å². The summed E-state index contributed by atoms with van der Waals surface area (Å²) in [7, 11) is 0. The fraction of sp³-hybridized carbons (Fsp3) is 0.622. The van der Waals surface area contributed by atoms with Gasteiger partial charge in [-0.05, 0) is 58.4 Å². The molecule has 8 atom stereocenters. The van der Waals surface area contributed by atoms with E-state index >= 15 is 0 Å². The summed E-state index contributed by atoms with van der Waals surface area (Å²) in [5, 5.41) is 33.9. The summed E-state index contributed by atoms with van der Waals surface area (Å²) in [6.07, 6.45) is -3.95. The Balaban J connectivity index is 0.0000224. The van der Waals surface area contributed by atoms with Crippen LogP contribution < -0.4 is 43.8 Å². The molecule has 0 radical (unpaired) electrons. The van der Waals surface area contributed by atoms with Gasteiger partial charge in [0.2, 0.25) is 29.5 Å². The summed E-state index contributed by atoms with van der Waals surface area (Å²) < 4.78 is 0. The molecule has 0 saturated carbocycles. The van der Waals surface area contributed by atoms with Gasteiger partial charge in [-0.1, -0.05) is 36.8 Å². The van der Waals surface area contributed by atoms with E-state index < -0.39 is 126 Å². The highest BCUT2D eigenvalue weighted by atomic mass is 16.3. The van der Waals surface area contributed by atoms with Crippen molar-refractivity contribution in [1.29, 1.82) is 0 Å². The van der Waals surface area contributed by atoms with Crippen LogP contribution in [0.2, 0.25) is 0 Å². The molecule has 1 fully saturated rings. The normalized spacial score (nSPS) is 22.7. The molecule has 1 aromatic rings. The van der Waals surface area contributed by atoms with Gasteiger partial charge in [-0.15, -0.1) is 0 Å². The molecule has 0 aromatic heterocycles. The summed E-state index contributed by atoms with van der Waals surface area (Å²) >= 11 is 0. The molecular formula is C45H71N9O12. The van der Waals surface area contributed by atoms with Crippen molar-refractivity contribution >= 4 is 64.4 Å². The number of aliphatic imine (C=N–C) groups is 1. The van der Waals surface area contributed by atoms with E-state index in [4.69, 9.17) is 17.2 Å². The van der Waals surface area contributed by atoms with Crippen LogP contribution in [-0.4, -0.2) is 131 Å². The Morgan fingerprint density at radius 1 is 0.879 bits per heavy atom. The molecule has 5 amide bonds. The number of amides is 5. The second-order valence-electron chi connectivity index (χ2n) is 16.8. The van der Waals surface area contributed by atoms with Crippen LogP contribution in [0.15, 0.2) is 35.3 Å². The number of hydrogen-bond donors (Lipinski definition) is 10. The highest BCUT2D eigenvalue weighted by Crippen LogP contribution is 2.25. The van der Waals surface area contributed by atoms with E-state index in [1.807, 2.05) is 0 Å². The van der Waals surface area contributed by atoms with Crippen LogP contribution in [0.3, 0.4) is 0 Å². The maximum Gasteiger partial charge on any atom is 0.243 e. The Kier molecular flexibility index (Phi) is 25.2. The van der Waals surface area contributed by atoms with E-state index in [-0.39, 0.29) is 84.8 Å². The average Bonchev–Trinajstić information content (AvgIpc) is 3.26. The average molecular weight is 932 g/mol. The molecule has 21 nitrogen and oxygen atoms in total. The van der Waals surface area contributed by atoms with Gasteiger partial charge in [-0.3, -0.25) is 52.9 Å². The number of carbonyl (C=O) groups is 10. The van der Waals surface area contributed by atoms with Crippen molar-refractivity contribution in [2.24, 2.45) is 39.9 Å². The molecule has 0 unspecified atom stereocenters. The number of hydrogen-bond acceptors (Lipinski definition) is 14. The first-order valence-electron chi connectivity index (χ1n) is 22.4. The highest BCUT2D eigenvalue weighted by molar-refractivity contribution is 5.97. The van der Waals surface area contributed by atoms with Crippen LogP contribution in [0, 0.1) is 17.8 Å². The molecule has 13 N–H and O–H groups in total. The molecule has 1 aliphatic rings. The number of aliphatic hydroxyl groups is 2. The molecule has 0 aliphatic carbocycles. The van der Waals surface area contributed by atoms with Crippen LogP contribution in [0.4, 0.5) is 0 Å². The monoisotopic (exact) mass is 932 g/mol. The Bertz CT molecular complexity index is 1880. The Morgan fingerprint density at radius 3 is 2.18 bits per heavy atom. The van der Waals surface area contributed by atoms with E-state index in [1.54, 1.807) is 30.3 Å². The first-order chi connectivity index (χ1) is 31.2. The molecule has 2 rings (SSSR count). The second-order valence-corrected chi connectivity index (χ2v) is 16.8. The Morgan fingerprint density at radius 2 is 1.56 bits per heavy atom. The van der Waals surface area contributed by atoms with Crippen molar-refractivity contribution in [3.63, 3.8) is 0 Å². The molecule has 66 heavy (non-hydrogen) atoms. The lowest BCUT2D eigenvalue weighted by Gasteiger charge is -2.26. The summed E-state index contributed by atoms with van der Waals surface area (Å²) in [6.45, 7) is 3.22. The number of benzene rings is 1. The number of rotatable bonds is 17. The number of Topliss-reactive ketones (excluding diaryl/α,β-unsaturated/α-hetero) is 5. The maximum atomic E-state index is 14.1. The third-order valence-corrected chi connectivity index (χ3v) is 11.3. The van der Waals surface area contributed by atoms with Crippen molar-refractivity contribution in [1.82, 2.24) is 26.6 Å². The third-order valence-electron chi connectivity index (χ3n) is 11.3. The molecule has 1 aliphatic heterocycles.